The molecule has 2 heterocycles. The van der Waals surface area contributed by atoms with E-state index in [-0.39, 0.29) is 18.4 Å². The number of hydrogen-bond donors (Lipinski definition) is 4. The number of carbonyl (C=O) groups excluding carboxylic acids is 1. The molecular formula is C19H18N6O3. The molecule has 3 rings (SSSR count). The number of carbonyl (C=O) groups is 2. The van der Waals surface area contributed by atoms with Crippen molar-refractivity contribution in [1.82, 2.24) is 15.0 Å². The molecule has 2 aromatic heterocycles. The molecule has 0 aliphatic carbocycles. The largest absolute Gasteiger partial charge is 0.480 e. The lowest BCUT2D eigenvalue weighted by Gasteiger charge is -2.11. The molecule has 0 aliphatic heterocycles. The Morgan fingerprint density at radius 3 is 2.32 bits per heavy atom. The van der Waals surface area contributed by atoms with Gasteiger partial charge in [0, 0.05) is 42.3 Å². The highest BCUT2D eigenvalue weighted by Gasteiger charge is 2.09. The second kappa shape index (κ2) is 8.58. The number of benzene rings is 1. The molecule has 9 nitrogen and oxygen atoms in total. The van der Waals surface area contributed by atoms with Gasteiger partial charge in [-0.25, -0.2) is 4.98 Å². The lowest BCUT2D eigenvalue weighted by atomic mass is 10.2. The molecule has 1 amide bonds. The number of anilines is 4. The Bertz CT molecular complexity index is 977. The molecule has 0 unspecified atom stereocenters. The van der Waals surface area contributed by atoms with Crippen LogP contribution in [0.1, 0.15) is 6.92 Å². The average Bonchev–Trinajstić information content (AvgIpc) is 2.68. The highest BCUT2D eigenvalue weighted by molar-refractivity contribution is 5.88. The lowest BCUT2D eigenvalue weighted by Crippen LogP contribution is -2.15. The summed E-state index contributed by atoms with van der Waals surface area (Å²) in [7, 11) is 0. The molecule has 9 heteroatoms. The van der Waals surface area contributed by atoms with E-state index in [0.29, 0.717) is 17.2 Å². The predicted molar refractivity (Wildman–Crippen MR) is 105 cm³/mol. The molecule has 3 aromatic rings. The van der Waals surface area contributed by atoms with Crippen molar-refractivity contribution >= 4 is 35.0 Å². The van der Waals surface area contributed by atoms with Crippen molar-refractivity contribution in [3.05, 3.63) is 54.9 Å². The normalized spacial score (nSPS) is 10.2. The van der Waals surface area contributed by atoms with Crippen LogP contribution in [-0.2, 0) is 9.59 Å². The fraction of sp³-hybridized carbons (Fsp3) is 0.105. The van der Waals surface area contributed by atoms with Gasteiger partial charge in [0.05, 0.1) is 5.69 Å². The van der Waals surface area contributed by atoms with Gasteiger partial charge in [-0.05, 0) is 36.4 Å². The van der Waals surface area contributed by atoms with E-state index in [1.165, 1.54) is 6.92 Å². The van der Waals surface area contributed by atoms with Gasteiger partial charge in [0.1, 0.15) is 12.4 Å². The van der Waals surface area contributed by atoms with E-state index < -0.39 is 5.97 Å². The Morgan fingerprint density at radius 2 is 1.68 bits per heavy atom. The summed E-state index contributed by atoms with van der Waals surface area (Å²) in [6.45, 7) is 1.14. The van der Waals surface area contributed by atoms with Crippen LogP contribution in [0.3, 0.4) is 0 Å². The zero-order valence-electron chi connectivity index (χ0n) is 15.0. The summed E-state index contributed by atoms with van der Waals surface area (Å²) in [6.07, 6.45) is 3.30. The van der Waals surface area contributed by atoms with Crippen molar-refractivity contribution in [2.45, 2.75) is 6.92 Å². The molecular weight excluding hydrogens is 360 g/mol. The summed E-state index contributed by atoms with van der Waals surface area (Å²) >= 11 is 0. The number of nitrogens with zero attached hydrogens (tertiary/aromatic N) is 3. The van der Waals surface area contributed by atoms with Crippen LogP contribution in [0.25, 0.3) is 11.3 Å². The molecule has 0 aliphatic rings. The second-order valence-electron chi connectivity index (χ2n) is 5.83. The summed E-state index contributed by atoms with van der Waals surface area (Å²) in [5.41, 5.74) is 2.86. The quantitative estimate of drug-likeness (QED) is 0.494. The van der Waals surface area contributed by atoms with Crippen molar-refractivity contribution in [1.29, 1.82) is 0 Å². The zero-order valence-corrected chi connectivity index (χ0v) is 15.0. The second-order valence-corrected chi connectivity index (χ2v) is 5.83. The van der Waals surface area contributed by atoms with Crippen LogP contribution in [-0.4, -0.2) is 38.5 Å². The number of carboxylic acids is 1. The van der Waals surface area contributed by atoms with Crippen LogP contribution < -0.4 is 16.0 Å². The standard InChI is InChI=1S/C19H18N6O3/c1-12(26)22-14-2-4-15(5-3-14)23-17-10-16(13-6-8-20-9-7-13)24-19(25-17)21-11-18(27)28/h2-10H,11H2,1H3,(H,22,26)(H,27,28)(H2,21,23,24,25). The minimum atomic E-state index is -1.01. The van der Waals surface area contributed by atoms with E-state index in [4.69, 9.17) is 5.11 Å². The first-order chi connectivity index (χ1) is 13.5. The molecule has 0 saturated heterocycles. The maximum absolute atomic E-state index is 11.1. The number of pyridine rings is 1. The average molecular weight is 378 g/mol. The number of aliphatic carboxylic acids is 1. The van der Waals surface area contributed by atoms with Gasteiger partial charge in [0.2, 0.25) is 11.9 Å². The van der Waals surface area contributed by atoms with Gasteiger partial charge in [-0.3, -0.25) is 14.6 Å². The van der Waals surface area contributed by atoms with Gasteiger partial charge in [-0.2, -0.15) is 4.98 Å². The lowest BCUT2D eigenvalue weighted by molar-refractivity contribution is -0.135. The molecule has 142 valence electrons. The van der Waals surface area contributed by atoms with Crippen LogP contribution in [0.15, 0.2) is 54.9 Å². The van der Waals surface area contributed by atoms with E-state index in [0.717, 1.165) is 11.3 Å². The topological polar surface area (TPSA) is 129 Å². The summed E-state index contributed by atoms with van der Waals surface area (Å²) < 4.78 is 0. The monoisotopic (exact) mass is 378 g/mol. The molecule has 1 aromatic carbocycles. The minimum Gasteiger partial charge on any atom is -0.480 e. The highest BCUT2D eigenvalue weighted by Crippen LogP contribution is 2.24. The van der Waals surface area contributed by atoms with Gasteiger partial charge >= 0.3 is 5.97 Å². The Morgan fingerprint density at radius 1 is 1.00 bits per heavy atom. The predicted octanol–water partition coefficient (Wildman–Crippen LogP) is 2.74. The van der Waals surface area contributed by atoms with E-state index in [1.54, 1.807) is 54.9 Å². The third kappa shape index (κ3) is 5.24. The van der Waals surface area contributed by atoms with Crippen molar-refractivity contribution in [3.8, 4) is 11.3 Å². The van der Waals surface area contributed by atoms with Crippen LogP contribution in [0.5, 0.6) is 0 Å². The van der Waals surface area contributed by atoms with Gasteiger partial charge in [0.25, 0.3) is 0 Å². The van der Waals surface area contributed by atoms with Gasteiger partial charge in [-0.15, -0.1) is 0 Å². The van der Waals surface area contributed by atoms with Gasteiger partial charge in [-0.1, -0.05) is 0 Å². The smallest absolute Gasteiger partial charge is 0.322 e. The molecule has 0 fully saturated rings. The summed E-state index contributed by atoms with van der Waals surface area (Å²) in [4.78, 5) is 34.6. The van der Waals surface area contributed by atoms with Crippen LogP contribution in [0.4, 0.5) is 23.1 Å². The molecule has 0 atom stereocenters. The zero-order chi connectivity index (χ0) is 19.9. The number of carboxylic acid groups (broad SMARTS) is 1. The summed E-state index contributed by atoms with van der Waals surface area (Å²) in [5.74, 6) is -0.482. The Balaban J connectivity index is 1.87. The first kappa shape index (κ1) is 18.8. The first-order valence-corrected chi connectivity index (χ1v) is 8.39. The molecule has 0 spiro atoms. The van der Waals surface area contributed by atoms with Gasteiger partial charge in [0.15, 0.2) is 0 Å². The number of aromatic nitrogens is 3. The van der Waals surface area contributed by atoms with Crippen molar-refractivity contribution < 1.29 is 14.7 Å². The first-order valence-electron chi connectivity index (χ1n) is 8.39. The molecule has 0 saturated carbocycles. The molecule has 4 N–H and O–H groups in total. The Hall–Kier alpha value is -4.01. The van der Waals surface area contributed by atoms with Crippen LogP contribution in [0, 0.1) is 0 Å². The maximum atomic E-state index is 11.1. The third-order valence-electron chi connectivity index (χ3n) is 3.58. The van der Waals surface area contributed by atoms with Crippen molar-refractivity contribution in [3.63, 3.8) is 0 Å². The van der Waals surface area contributed by atoms with Crippen molar-refractivity contribution in [2.75, 3.05) is 22.5 Å². The molecule has 0 radical (unpaired) electrons. The Kier molecular flexibility index (Phi) is 5.75. The minimum absolute atomic E-state index is 0.146. The van der Waals surface area contributed by atoms with E-state index in [1.807, 2.05) is 0 Å². The third-order valence-corrected chi connectivity index (χ3v) is 3.58. The number of nitrogens with one attached hydrogen (secondary N) is 3. The number of rotatable bonds is 7. The Labute approximate surface area is 160 Å². The highest BCUT2D eigenvalue weighted by atomic mass is 16.4. The maximum Gasteiger partial charge on any atom is 0.322 e. The molecule has 28 heavy (non-hydrogen) atoms. The summed E-state index contributed by atoms with van der Waals surface area (Å²) in [6, 6.07) is 12.5. The molecule has 0 bridgehead atoms. The van der Waals surface area contributed by atoms with Crippen LogP contribution >= 0.6 is 0 Å². The van der Waals surface area contributed by atoms with Crippen molar-refractivity contribution in [2.24, 2.45) is 0 Å². The van der Waals surface area contributed by atoms with E-state index in [9.17, 15) is 9.59 Å². The SMILES string of the molecule is CC(=O)Nc1ccc(Nc2cc(-c3ccncc3)nc(NCC(=O)O)n2)cc1. The van der Waals surface area contributed by atoms with Crippen LogP contribution in [0.2, 0.25) is 0 Å². The fourth-order valence-electron chi connectivity index (χ4n) is 2.40. The fourth-order valence-corrected chi connectivity index (χ4v) is 2.40. The number of hydrogen-bond acceptors (Lipinski definition) is 7. The van der Waals surface area contributed by atoms with Gasteiger partial charge < -0.3 is 21.1 Å². The van der Waals surface area contributed by atoms with E-state index >= 15 is 0 Å². The van der Waals surface area contributed by atoms with E-state index in [2.05, 4.69) is 30.9 Å². The summed E-state index contributed by atoms with van der Waals surface area (Å²) in [5, 5.41) is 17.4. The number of amides is 1.